The zero-order chi connectivity index (χ0) is 9.97. The van der Waals surface area contributed by atoms with Crippen LogP contribution in [0.15, 0.2) is 41.0 Å². The predicted molar refractivity (Wildman–Crippen MR) is 55.4 cm³/mol. The van der Waals surface area contributed by atoms with Crippen LogP contribution in [0.1, 0.15) is 5.56 Å². The molecule has 2 nitrogen and oxygen atoms in total. The van der Waals surface area contributed by atoms with E-state index in [1.807, 2.05) is 37.3 Å². The van der Waals surface area contributed by atoms with Gasteiger partial charge in [-0.1, -0.05) is 0 Å². The zero-order valence-electron chi connectivity index (χ0n) is 8.28. The first-order valence-corrected chi connectivity index (χ1v) is 4.50. The van der Waals surface area contributed by atoms with E-state index in [9.17, 15) is 0 Å². The first-order valence-electron chi connectivity index (χ1n) is 4.50. The van der Waals surface area contributed by atoms with Crippen LogP contribution in [-0.4, -0.2) is 7.11 Å². The van der Waals surface area contributed by atoms with Crippen molar-refractivity contribution in [2.24, 2.45) is 0 Å². The van der Waals surface area contributed by atoms with Crippen molar-refractivity contribution in [3.8, 4) is 17.1 Å². The van der Waals surface area contributed by atoms with Crippen molar-refractivity contribution in [1.82, 2.24) is 0 Å². The van der Waals surface area contributed by atoms with Crippen LogP contribution in [0.25, 0.3) is 11.3 Å². The van der Waals surface area contributed by atoms with Crippen LogP contribution >= 0.6 is 0 Å². The van der Waals surface area contributed by atoms with E-state index < -0.39 is 0 Å². The second kappa shape index (κ2) is 3.58. The Hall–Kier alpha value is -1.70. The van der Waals surface area contributed by atoms with E-state index >= 15 is 0 Å². The summed E-state index contributed by atoms with van der Waals surface area (Å²) >= 11 is 0. The Morgan fingerprint density at radius 2 is 1.79 bits per heavy atom. The van der Waals surface area contributed by atoms with E-state index in [0.717, 1.165) is 22.6 Å². The monoisotopic (exact) mass is 188 g/mol. The number of hydrogen-bond donors (Lipinski definition) is 0. The Bertz CT molecular complexity index is 412. The van der Waals surface area contributed by atoms with E-state index in [4.69, 9.17) is 9.15 Å². The third-order valence-electron chi connectivity index (χ3n) is 2.21. The van der Waals surface area contributed by atoms with Gasteiger partial charge in [-0.15, -0.1) is 0 Å². The van der Waals surface area contributed by atoms with Crippen LogP contribution in [0.4, 0.5) is 0 Å². The van der Waals surface area contributed by atoms with Crippen molar-refractivity contribution in [2.45, 2.75) is 6.92 Å². The molecule has 72 valence electrons. The SMILES string of the molecule is COc1ccc(-c2occc2C)cc1. The average molecular weight is 188 g/mol. The molecule has 2 rings (SSSR count). The van der Waals surface area contributed by atoms with Gasteiger partial charge in [0.05, 0.1) is 13.4 Å². The molecule has 1 aromatic carbocycles. The van der Waals surface area contributed by atoms with Gasteiger partial charge in [0.1, 0.15) is 11.5 Å². The summed E-state index contributed by atoms with van der Waals surface area (Å²) in [4.78, 5) is 0. The van der Waals surface area contributed by atoms with Gasteiger partial charge in [0, 0.05) is 5.56 Å². The molecule has 1 heterocycles. The van der Waals surface area contributed by atoms with Gasteiger partial charge in [-0.3, -0.25) is 0 Å². The van der Waals surface area contributed by atoms with Crippen molar-refractivity contribution < 1.29 is 9.15 Å². The third kappa shape index (κ3) is 1.51. The van der Waals surface area contributed by atoms with Crippen molar-refractivity contribution in [2.75, 3.05) is 7.11 Å². The molecule has 0 aliphatic carbocycles. The highest BCUT2D eigenvalue weighted by molar-refractivity contribution is 5.61. The molecule has 0 aliphatic heterocycles. The summed E-state index contributed by atoms with van der Waals surface area (Å²) in [6.45, 7) is 2.03. The molecular formula is C12H12O2. The molecule has 0 aliphatic rings. The first-order chi connectivity index (χ1) is 6.81. The first kappa shape index (κ1) is 8.88. The van der Waals surface area contributed by atoms with Crippen molar-refractivity contribution in [3.63, 3.8) is 0 Å². The number of methoxy groups -OCH3 is 1. The minimum atomic E-state index is 0.859. The highest BCUT2D eigenvalue weighted by atomic mass is 16.5. The second-order valence-corrected chi connectivity index (χ2v) is 3.16. The number of hydrogen-bond acceptors (Lipinski definition) is 2. The molecule has 0 atom stereocenters. The normalized spacial score (nSPS) is 10.1. The molecule has 0 N–H and O–H groups in total. The van der Waals surface area contributed by atoms with Gasteiger partial charge in [-0.2, -0.15) is 0 Å². The number of benzene rings is 1. The fourth-order valence-corrected chi connectivity index (χ4v) is 1.41. The zero-order valence-corrected chi connectivity index (χ0v) is 8.28. The topological polar surface area (TPSA) is 22.4 Å². The number of furan rings is 1. The standard InChI is InChI=1S/C12H12O2/c1-9-7-8-14-12(9)10-3-5-11(13-2)6-4-10/h3-8H,1-2H3. The minimum absolute atomic E-state index is 0.859. The van der Waals surface area contributed by atoms with Crippen LogP contribution in [0.3, 0.4) is 0 Å². The highest BCUT2D eigenvalue weighted by Crippen LogP contribution is 2.25. The van der Waals surface area contributed by atoms with Crippen LogP contribution in [0, 0.1) is 6.92 Å². The Labute approximate surface area is 83.1 Å². The summed E-state index contributed by atoms with van der Waals surface area (Å²) in [6, 6.07) is 9.80. The maximum absolute atomic E-state index is 5.38. The summed E-state index contributed by atoms with van der Waals surface area (Å²) in [6.07, 6.45) is 1.70. The minimum Gasteiger partial charge on any atom is -0.497 e. The molecule has 0 saturated carbocycles. The molecule has 0 unspecified atom stereocenters. The Morgan fingerprint density at radius 1 is 1.07 bits per heavy atom. The largest absolute Gasteiger partial charge is 0.497 e. The number of rotatable bonds is 2. The summed E-state index contributed by atoms with van der Waals surface area (Å²) < 4.78 is 10.5. The molecule has 0 saturated heterocycles. The molecule has 2 heteroatoms. The van der Waals surface area contributed by atoms with Crippen molar-refractivity contribution >= 4 is 0 Å². The fourth-order valence-electron chi connectivity index (χ4n) is 1.41. The van der Waals surface area contributed by atoms with Gasteiger partial charge < -0.3 is 9.15 Å². The lowest BCUT2D eigenvalue weighted by Crippen LogP contribution is -1.82. The van der Waals surface area contributed by atoms with Gasteiger partial charge in [-0.05, 0) is 42.8 Å². The van der Waals surface area contributed by atoms with Crippen molar-refractivity contribution in [3.05, 3.63) is 42.2 Å². The molecule has 0 spiro atoms. The maximum Gasteiger partial charge on any atom is 0.136 e. The summed E-state index contributed by atoms with van der Waals surface area (Å²) in [5.41, 5.74) is 2.23. The van der Waals surface area contributed by atoms with Crippen LogP contribution in [0.2, 0.25) is 0 Å². The third-order valence-corrected chi connectivity index (χ3v) is 2.21. The van der Waals surface area contributed by atoms with Gasteiger partial charge in [0.15, 0.2) is 0 Å². The quantitative estimate of drug-likeness (QED) is 0.721. The maximum atomic E-state index is 5.38. The Balaban J connectivity index is 2.39. The fraction of sp³-hybridized carbons (Fsp3) is 0.167. The van der Waals surface area contributed by atoms with Crippen LogP contribution in [-0.2, 0) is 0 Å². The molecule has 14 heavy (non-hydrogen) atoms. The Kier molecular flexibility index (Phi) is 2.27. The lowest BCUT2D eigenvalue weighted by Gasteiger charge is -2.01. The van der Waals surface area contributed by atoms with Gasteiger partial charge in [-0.25, -0.2) is 0 Å². The summed E-state index contributed by atoms with van der Waals surface area (Å²) in [5.74, 6) is 1.78. The molecular weight excluding hydrogens is 176 g/mol. The van der Waals surface area contributed by atoms with E-state index in [1.54, 1.807) is 13.4 Å². The molecule has 0 bridgehead atoms. The lowest BCUT2D eigenvalue weighted by molar-refractivity contribution is 0.415. The highest BCUT2D eigenvalue weighted by Gasteiger charge is 2.04. The Morgan fingerprint density at radius 3 is 2.29 bits per heavy atom. The molecule has 0 amide bonds. The van der Waals surface area contributed by atoms with E-state index in [2.05, 4.69) is 0 Å². The van der Waals surface area contributed by atoms with Crippen molar-refractivity contribution in [1.29, 1.82) is 0 Å². The average Bonchev–Trinajstić information content (AvgIpc) is 2.65. The predicted octanol–water partition coefficient (Wildman–Crippen LogP) is 3.26. The molecule has 2 aromatic rings. The van der Waals surface area contributed by atoms with E-state index in [-0.39, 0.29) is 0 Å². The number of ether oxygens (including phenoxy) is 1. The summed E-state index contributed by atoms with van der Waals surface area (Å²) in [7, 11) is 1.66. The van der Waals surface area contributed by atoms with Crippen LogP contribution < -0.4 is 4.74 Å². The smallest absolute Gasteiger partial charge is 0.136 e. The summed E-state index contributed by atoms with van der Waals surface area (Å²) in [5, 5.41) is 0. The van der Waals surface area contributed by atoms with E-state index in [0.29, 0.717) is 0 Å². The van der Waals surface area contributed by atoms with Gasteiger partial charge in [0.25, 0.3) is 0 Å². The van der Waals surface area contributed by atoms with Gasteiger partial charge in [0.2, 0.25) is 0 Å². The molecule has 1 aromatic heterocycles. The molecule has 0 fully saturated rings. The number of aryl methyl sites for hydroxylation is 1. The van der Waals surface area contributed by atoms with Gasteiger partial charge >= 0.3 is 0 Å². The van der Waals surface area contributed by atoms with E-state index in [1.165, 1.54) is 0 Å². The van der Waals surface area contributed by atoms with Crippen LogP contribution in [0.5, 0.6) is 5.75 Å². The lowest BCUT2D eigenvalue weighted by atomic mass is 10.1. The molecule has 0 radical (unpaired) electrons. The second-order valence-electron chi connectivity index (χ2n) is 3.16.